The van der Waals surface area contributed by atoms with Gasteiger partial charge in [0.2, 0.25) is 4.77 Å². The first-order valence-corrected chi connectivity index (χ1v) is 2.80. The molecule has 0 fully saturated rings. The number of hydrogen-bond acceptors (Lipinski definition) is 4. The molecule has 2 N–H and O–H groups in total. The smallest absolute Gasteiger partial charge is 0.240 e. The number of H-pyrrole nitrogens is 1. The van der Waals surface area contributed by atoms with Gasteiger partial charge in [0.15, 0.2) is 0 Å². The van der Waals surface area contributed by atoms with Crippen molar-refractivity contribution in [3.05, 3.63) is 4.77 Å². The molecule has 0 aliphatic rings. The van der Waals surface area contributed by atoms with Gasteiger partial charge in [-0.25, -0.2) is 4.68 Å². The first-order chi connectivity index (χ1) is 4.22. The number of nitrogens with zero attached hydrogens (tertiary/aromatic N) is 3. The molecule has 10 heavy (non-hydrogen) atoms. The molecule has 0 aliphatic heterocycles. The summed E-state index contributed by atoms with van der Waals surface area (Å²) in [4.78, 5) is 0. The van der Waals surface area contributed by atoms with Crippen LogP contribution in [0.15, 0.2) is 0 Å². The van der Waals surface area contributed by atoms with Crippen molar-refractivity contribution in [1.29, 1.82) is 0 Å². The van der Waals surface area contributed by atoms with Gasteiger partial charge in [0, 0.05) is 29.6 Å². The molecule has 1 aromatic rings. The maximum atomic E-state index is 8.88. The molecule has 0 amide bonds. The summed E-state index contributed by atoms with van der Waals surface area (Å²) in [6.07, 6.45) is -0.688. The molecule has 0 spiro atoms. The van der Waals surface area contributed by atoms with Crippen molar-refractivity contribution in [1.82, 2.24) is 20.2 Å². The number of rotatable bonds is 1. The molecule has 1 atom stereocenters. The molecule has 1 rings (SSSR count). The number of tetrazole rings is 1. The monoisotopic (exact) mass is 169 g/mol. The van der Waals surface area contributed by atoms with Gasteiger partial charge in [-0.2, -0.15) is 5.21 Å². The van der Waals surface area contributed by atoms with Gasteiger partial charge in [-0.1, -0.05) is 10.3 Å². The van der Waals surface area contributed by atoms with Crippen molar-refractivity contribution < 1.29 is 5.11 Å². The Hall–Kier alpha value is 0.250. The Bertz CT molecular complexity index is 243. The Morgan fingerprint density at radius 1 is 1.80 bits per heavy atom. The predicted molar refractivity (Wildman–Crippen MR) is 37.9 cm³/mol. The molecule has 0 saturated heterocycles. The van der Waals surface area contributed by atoms with Gasteiger partial charge in [0.25, 0.3) is 0 Å². The van der Waals surface area contributed by atoms with Crippen LogP contribution in [0.1, 0.15) is 13.2 Å². The third-order valence-corrected chi connectivity index (χ3v) is 1.15. The molecule has 0 aromatic carbocycles. The van der Waals surface area contributed by atoms with Crippen LogP contribution in [0.4, 0.5) is 0 Å². The van der Waals surface area contributed by atoms with Gasteiger partial charge >= 0.3 is 0 Å². The zero-order valence-electron chi connectivity index (χ0n) is 5.77. The Balaban J connectivity index is 0.000000810. The van der Waals surface area contributed by atoms with Crippen molar-refractivity contribution in [3.8, 4) is 0 Å². The Labute approximate surface area is 84.7 Å². The Morgan fingerprint density at radius 2 is 2.40 bits per heavy atom. The van der Waals surface area contributed by atoms with E-state index in [1.54, 1.807) is 6.92 Å². The molecule has 51 valence electrons. The average molecular weight is 169 g/mol. The van der Waals surface area contributed by atoms with Crippen LogP contribution in [0.25, 0.3) is 0 Å². The van der Waals surface area contributed by atoms with Crippen molar-refractivity contribution in [2.75, 3.05) is 0 Å². The largest absolute Gasteiger partial charge is 0.372 e. The summed E-state index contributed by atoms with van der Waals surface area (Å²) in [5.41, 5.74) is 0. The summed E-state index contributed by atoms with van der Waals surface area (Å²) in [6.45, 7) is 1.57. The van der Waals surface area contributed by atoms with E-state index in [0.29, 0.717) is 0 Å². The van der Waals surface area contributed by atoms with Gasteiger partial charge in [-0.15, -0.1) is 0 Å². The molecule has 0 saturated carbocycles. The summed E-state index contributed by atoms with van der Waals surface area (Å²) in [5, 5.41) is 18.1. The standard InChI is InChI=1S/C3H6N4OS.Na/c1-2(8)7-3(9)4-5-6-7;/h2,8H,1H3,(H,4,6,9);. The fraction of sp³-hybridized carbons (Fsp3) is 0.667. The second-order valence-electron chi connectivity index (χ2n) is 1.58. The van der Waals surface area contributed by atoms with Gasteiger partial charge < -0.3 is 5.11 Å². The number of aromatic amines is 1. The third kappa shape index (κ3) is 2.14. The summed E-state index contributed by atoms with van der Waals surface area (Å²) in [6, 6.07) is 0. The third-order valence-electron chi connectivity index (χ3n) is 0.868. The molecule has 1 radical (unpaired) electrons. The van der Waals surface area contributed by atoms with Crippen molar-refractivity contribution in [3.63, 3.8) is 0 Å². The van der Waals surface area contributed by atoms with Crippen LogP contribution in [-0.2, 0) is 0 Å². The normalized spacial score (nSPS) is 12.2. The topological polar surface area (TPSA) is 66.7 Å². The molecule has 7 heteroatoms. The quantitative estimate of drug-likeness (QED) is 0.438. The summed E-state index contributed by atoms with van der Waals surface area (Å²) in [7, 11) is 0. The maximum Gasteiger partial charge on any atom is 0.240 e. The van der Waals surface area contributed by atoms with Gasteiger partial charge in [0.1, 0.15) is 6.23 Å². The molecular weight excluding hydrogens is 163 g/mol. The Kier molecular flexibility index (Phi) is 4.30. The zero-order valence-corrected chi connectivity index (χ0v) is 8.59. The fourth-order valence-electron chi connectivity index (χ4n) is 0.448. The number of aromatic nitrogens is 4. The van der Waals surface area contributed by atoms with E-state index in [-0.39, 0.29) is 34.3 Å². The predicted octanol–water partition coefficient (Wildman–Crippen LogP) is -0.534. The van der Waals surface area contributed by atoms with Crippen LogP contribution in [0.5, 0.6) is 0 Å². The van der Waals surface area contributed by atoms with E-state index in [4.69, 9.17) is 5.11 Å². The van der Waals surface area contributed by atoms with E-state index in [0.717, 1.165) is 0 Å². The van der Waals surface area contributed by atoms with Crippen LogP contribution in [0, 0.1) is 4.77 Å². The van der Waals surface area contributed by atoms with E-state index in [1.807, 2.05) is 0 Å². The molecular formula is C3H6N4NaOS. The first kappa shape index (κ1) is 10.2. The van der Waals surface area contributed by atoms with E-state index in [2.05, 4.69) is 27.7 Å². The van der Waals surface area contributed by atoms with Gasteiger partial charge in [-0.05, 0) is 19.1 Å². The molecule has 1 unspecified atom stereocenters. The van der Waals surface area contributed by atoms with Gasteiger partial charge in [0.05, 0.1) is 0 Å². The minimum absolute atomic E-state index is 0. The van der Waals surface area contributed by atoms with E-state index in [1.165, 1.54) is 4.68 Å². The second kappa shape index (κ2) is 4.20. The van der Waals surface area contributed by atoms with E-state index in [9.17, 15) is 0 Å². The summed E-state index contributed by atoms with van der Waals surface area (Å²) in [5.74, 6) is 0. The van der Waals surface area contributed by atoms with E-state index >= 15 is 0 Å². The average Bonchev–Trinajstić information content (AvgIpc) is 2.13. The van der Waals surface area contributed by atoms with Crippen LogP contribution in [0.3, 0.4) is 0 Å². The minimum Gasteiger partial charge on any atom is -0.372 e. The minimum atomic E-state index is -0.688. The molecule has 1 aromatic heterocycles. The number of nitrogens with one attached hydrogen (secondary N) is 1. The van der Waals surface area contributed by atoms with Crippen molar-refractivity contribution in [2.24, 2.45) is 0 Å². The number of aliphatic hydroxyl groups excluding tert-OH is 1. The van der Waals surface area contributed by atoms with E-state index < -0.39 is 6.23 Å². The molecule has 0 aliphatic carbocycles. The SMILES string of the molecule is CC(O)n1[nH]nnc1=S.[Na]. The molecule has 0 bridgehead atoms. The summed E-state index contributed by atoms with van der Waals surface area (Å²) >= 11 is 4.66. The molecule has 5 nitrogen and oxygen atoms in total. The van der Waals surface area contributed by atoms with Gasteiger partial charge in [-0.3, -0.25) is 0 Å². The van der Waals surface area contributed by atoms with Crippen molar-refractivity contribution >= 4 is 41.8 Å². The fourth-order valence-corrected chi connectivity index (χ4v) is 0.682. The van der Waals surface area contributed by atoms with Crippen LogP contribution >= 0.6 is 12.2 Å². The Morgan fingerprint density at radius 3 is 2.60 bits per heavy atom. The maximum absolute atomic E-state index is 8.88. The zero-order chi connectivity index (χ0) is 6.85. The van der Waals surface area contributed by atoms with Crippen LogP contribution < -0.4 is 0 Å². The second-order valence-corrected chi connectivity index (χ2v) is 1.95. The van der Waals surface area contributed by atoms with Crippen LogP contribution in [0.2, 0.25) is 0 Å². The number of aliphatic hydroxyl groups is 1. The van der Waals surface area contributed by atoms with Crippen molar-refractivity contribution in [2.45, 2.75) is 13.2 Å². The van der Waals surface area contributed by atoms with Crippen LogP contribution in [-0.4, -0.2) is 54.9 Å². The summed E-state index contributed by atoms with van der Waals surface area (Å²) < 4.78 is 1.53. The number of hydrogen-bond donors (Lipinski definition) is 2. The molecule has 1 heterocycles. The first-order valence-electron chi connectivity index (χ1n) is 2.39.